The summed E-state index contributed by atoms with van der Waals surface area (Å²) < 4.78 is 7.59. The van der Waals surface area contributed by atoms with E-state index >= 15 is 0 Å². The van der Waals surface area contributed by atoms with Gasteiger partial charge in [-0.1, -0.05) is 60.3 Å². The number of benzene rings is 2. The van der Waals surface area contributed by atoms with E-state index in [1.807, 2.05) is 53.4 Å². The van der Waals surface area contributed by atoms with Gasteiger partial charge in [-0.3, -0.25) is 4.79 Å². The van der Waals surface area contributed by atoms with Crippen molar-refractivity contribution in [1.82, 2.24) is 4.90 Å². The summed E-state index contributed by atoms with van der Waals surface area (Å²) >= 11 is 1.76. The van der Waals surface area contributed by atoms with Crippen molar-refractivity contribution in [3.63, 3.8) is 0 Å². The molecule has 0 fully saturated rings. The monoisotopic (exact) mass is 338 g/mol. The molecule has 1 aliphatic carbocycles. The molecule has 2 nitrogen and oxygen atoms in total. The van der Waals surface area contributed by atoms with Crippen molar-refractivity contribution in [3.05, 3.63) is 76.8 Å². The van der Waals surface area contributed by atoms with Crippen molar-refractivity contribution in [2.24, 2.45) is 0 Å². The zero-order valence-electron chi connectivity index (χ0n) is 14.8. The molecule has 1 aliphatic rings. The molecule has 0 heterocycles. The molecule has 0 bridgehead atoms. The average Bonchev–Trinajstić information content (AvgIpc) is 2.68. The molecule has 0 aliphatic heterocycles. The van der Waals surface area contributed by atoms with E-state index in [2.05, 4.69) is 12.1 Å². The van der Waals surface area contributed by atoms with Crippen molar-refractivity contribution < 1.29 is 6.17 Å². The number of nitrogens with zero attached hydrogens (tertiary/aromatic N) is 1. The molecule has 0 atom stereocenters. The van der Waals surface area contributed by atoms with Crippen LogP contribution in [-0.2, 0) is 11.3 Å². The number of rotatable bonds is 5. The van der Waals surface area contributed by atoms with E-state index < -0.39 is 0 Å². The molecule has 0 saturated heterocycles. The first-order valence-corrected chi connectivity index (χ1v) is 9.18. The second-order valence-corrected chi connectivity index (χ2v) is 7.13. The van der Waals surface area contributed by atoms with Gasteiger partial charge in [-0.15, -0.1) is 0 Å². The molecule has 3 rings (SSSR count). The van der Waals surface area contributed by atoms with E-state index in [0.29, 0.717) is 6.54 Å². The summed E-state index contributed by atoms with van der Waals surface area (Å²) in [5.41, 5.74) is 2.22. The zero-order valence-corrected chi connectivity index (χ0v) is 14.6. The van der Waals surface area contributed by atoms with Gasteiger partial charge in [0.1, 0.15) is 0 Å². The van der Waals surface area contributed by atoms with Gasteiger partial charge in [0.25, 0.3) is 0 Å². The summed E-state index contributed by atoms with van der Waals surface area (Å²) in [5, 5.41) is 0. The van der Waals surface area contributed by atoms with Gasteiger partial charge in [-0.05, 0) is 43.4 Å². The minimum atomic E-state index is -0.209. The van der Waals surface area contributed by atoms with Crippen LogP contribution in [0.15, 0.2) is 76.2 Å². The second-order valence-electron chi connectivity index (χ2n) is 5.96. The molecule has 0 unspecified atom stereocenters. The fraction of sp³-hybridized carbons (Fsp3) is 0.286. The number of carbonyl (C=O) groups is 1. The smallest absolute Gasteiger partial charge is 0.223 e. The normalized spacial score (nSPS) is 15.1. The summed E-state index contributed by atoms with van der Waals surface area (Å²) in [5.74, 6) is -0.119. The molecule has 1 amide bonds. The summed E-state index contributed by atoms with van der Waals surface area (Å²) in [4.78, 5) is 16.8. The topological polar surface area (TPSA) is 20.3 Å². The third kappa shape index (κ3) is 4.30. The van der Waals surface area contributed by atoms with Gasteiger partial charge in [-0.25, -0.2) is 0 Å². The van der Waals surface area contributed by atoms with Gasteiger partial charge in [0.15, 0.2) is 0 Å². The minimum absolute atomic E-state index is 0.119. The number of amides is 1. The van der Waals surface area contributed by atoms with Crippen LogP contribution in [0.2, 0.25) is 0 Å². The predicted octanol–water partition coefficient (Wildman–Crippen LogP) is 5.61. The average molecular weight is 338 g/mol. The minimum Gasteiger partial charge on any atom is -0.311 e. The number of allylic oxidation sites excluding steroid dienone is 2. The van der Waals surface area contributed by atoms with Crippen LogP contribution >= 0.6 is 11.8 Å². The van der Waals surface area contributed by atoms with Gasteiger partial charge >= 0.3 is 0 Å². The van der Waals surface area contributed by atoms with Crippen molar-refractivity contribution in [2.45, 2.75) is 44.0 Å². The Morgan fingerprint density at radius 2 is 1.71 bits per heavy atom. The van der Waals surface area contributed by atoms with E-state index in [-0.39, 0.29) is 12.8 Å². The Morgan fingerprint density at radius 1 is 1.04 bits per heavy atom. The van der Waals surface area contributed by atoms with Crippen molar-refractivity contribution in [2.75, 3.05) is 0 Å². The maximum absolute atomic E-state index is 12.5. The third-order valence-electron chi connectivity index (χ3n) is 4.18. The van der Waals surface area contributed by atoms with E-state index in [1.165, 1.54) is 9.80 Å². The first kappa shape index (κ1) is 15.5. The first-order valence-electron chi connectivity index (χ1n) is 9.07. The van der Waals surface area contributed by atoms with Crippen LogP contribution in [-0.4, -0.2) is 10.8 Å². The maximum Gasteiger partial charge on any atom is 0.223 e. The summed E-state index contributed by atoms with van der Waals surface area (Å²) in [6.07, 6.45) is 4.18. The Kier molecular flexibility index (Phi) is 5.31. The number of hydrogen-bond acceptors (Lipinski definition) is 2. The number of thioether (sulfide) groups is 1. The Labute approximate surface area is 150 Å². The van der Waals surface area contributed by atoms with Gasteiger partial charge in [0, 0.05) is 23.8 Å². The van der Waals surface area contributed by atoms with Gasteiger partial charge in [0.2, 0.25) is 5.91 Å². The first-order chi connectivity index (χ1) is 12.3. The van der Waals surface area contributed by atoms with Crippen LogP contribution in [0.1, 0.15) is 39.5 Å². The van der Waals surface area contributed by atoms with E-state index in [1.54, 1.807) is 11.8 Å². The molecule has 2 aromatic rings. The number of carbonyl (C=O) groups excluding carboxylic acids is 1. The highest BCUT2D eigenvalue weighted by Gasteiger charge is 2.22. The highest BCUT2D eigenvalue weighted by molar-refractivity contribution is 8.03. The summed E-state index contributed by atoms with van der Waals surface area (Å²) in [6, 6.07) is 20.4. The lowest BCUT2D eigenvalue weighted by atomic mass is 10.0. The maximum atomic E-state index is 12.5. The van der Waals surface area contributed by atoms with Crippen molar-refractivity contribution >= 4 is 17.7 Å². The molecular weight excluding hydrogens is 314 g/mol. The molecule has 0 N–H and O–H groups in total. The quantitative estimate of drug-likeness (QED) is 0.706. The van der Waals surface area contributed by atoms with Gasteiger partial charge in [-0.2, -0.15) is 0 Å². The largest absolute Gasteiger partial charge is 0.311 e. The van der Waals surface area contributed by atoms with Crippen molar-refractivity contribution in [3.8, 4) is 0 Å². The summed E-state index contributed by atoms with van der Waals surface area (Å²) in [6.45, 7) is 0.340. The lowest BCUT2D eigenvalue weighted by Gasteiger charge is -2.30. The lowest BCUT2D eigenvalue weighted by Crippen LogP contribution is -2.29. The van der Waals surface area contributed by atoms with Crippen LogP contribution in [0.25, 0.3) is 0 Å². The SMILES string of the molecule is [2H]CC(=O)N(Cc1ccccc1)C1=C(Sc2ccccc2)CCCC1. The molecule has 124 valence electrons. The molecular formula is C21H23NOS. The highest BCUT2D eigenvalue weighted by Crippen LogP contribution is 2.39. The van der Waals surface area contributed by atoms with Gasteiger partial charge < -0.3 is 4.90 Å². The molecule has 0 spiro atoms. The Hall–Kier alpha value is -2.00. The highest BCUT2D eigenvalue weighted by atomic mass is 32.2. The molecule has 3 heteroatoms. The predicted molar refractivity (Wildman–Crippen MR) is 100 cm³/mol. The zero-order chi connectivity index (χ0) is 17.5. The standard InChI is InChI=1S/C21H23NOS/c1-17(23)22(16-18-10-4-2-5-11-18)20-14-8-9-15-21(20)24-19-12-6-3-7-13-19/h2-7,10-13H,8-9,14-16H2,1H3/i1D. The Balaban J connectivity index is 1.91. The molecule has 0 radical (unpaired) electrons. The fourth-order valence-electron chi connectivity index (χ4n) is 2.99. The molecule has 0 saturated carbocycles. The van der Waals surface area contributed by atoms with Gasteiger partial charge in [0.05, 0.1) is 6.54 Å². The lowest BCUT2D eigenvalue weighted by molar-refractivity contribution is -0.127. The Morgan fingerprint density at radius 3 is 2.42 bits per heavy atom. The second kappa shape index (κ2) is 8.20. The number of hydrogen-bond donors (Lipinski definition) is 0. The molecule has 2 aromatic carbocycles. The van der Waals surface area contributed by atoms with E-state index in [9.17, 15) is 4.79 Å². The van der Waals surface area contributed by atoms with Crippen molar-refractivity contribution in [1.29, 1.82) is 0 Å². The van der Waals surface area contributed by atoms with E-state index in [4.69, 9.17) is 1.37 Å². The molecule has 24 heavy (non-hydrogen) atoms. The van der Waals surface area contributed by atoms with Crippen LogP contribution in [0.3, 0.4) is 0 Å². The molecule has 0 aromatic heterocycles. The van der Waals surface area contributed by atoms with Crippen LogP contribution in [0, 0.1) is 0 Å². The van der Waals surface area contributed by atoms with E-state index in [0.717, 1.165) is 36.9 Å². The van der Waals surface area contributed by atoms with Crippen LogP contribution in [0.5, 0.6) is 0 Å². The third-order valence-corrected chi connectivity index (χ3v) is 5.38. The fourth-order valence-corrected chi connectivity index (χ4v) is 4.14. The van der Waals surface area contributed by atoms with Crippen LogP contribution < -0.4 is 0 Å². The Bertz CT molecular complexity index is 730. The van der Waals surface area contributed by atoms with Crippen LogP contribution in [0.4, 0.5) is 0 Å². The summed E-state index contributed by atoms with van der Waals surface area (Å²) in [7, 11) is 0.